The summed E-state index contributed by atoms with van der Waals surface area (Å²) in [7, 11) is 0. The van der Waals surface area contributed by atoms with E-state index in [1.807, 2.05) is 0 Å². The van der Waals surface area contributed by atoms with Crippen molar-refractivity contribution in [1.82, 2.24) is 9.97 Å². The number of nitrogens with one attached hydrogen (secondary N) is 1. The lowest BCUT2D eigenvalue weighted by atomic mass is 10.2. The number of halogens is 2. The molecule has 3 aromatic rings. The molecular weight excluding hydrogens is 294 g/mol. The van der Waals surface area contributed by atoms with Crippen molar-refractivity contribution in [3.8, 4) is 0 Å². The number of aromatic nitrogens is 2. The fraction of sp³-hybridized carbons (Fsp3) is 0. The first kappa shape index (κ1) is 13.8. The van der Waals surface area contributed by atoms with Crippen molar-refractivity contribution in [3.63, 3.8) is 0 Å². The maximum atomic E-state index is 13.7. The Balaban J connectivity index is 2.09. The van der Waals surface area contributed by atoms with Crippen LogP contribution in [0.5, 0.6) is 0 Å². The summed E-state index contributed by atoms with van der Waals surface area (Å²) >= 11 is 0. The summed E-state index contributed by atoms with van der Waals surface area (Å²) in [4.78, 5) is 18.3. The molecule has 0 fully saturated rings. The van der Waals surface area contributed by atoms with Crippen LogP contribution in [0.1, 0.15) is 0 Å². The number of nitro groups is 1. The van der Waals surface area contributed by atoms with Gasteiger partial charge in [0.2, 0.25) is 0 Å². The van der Waals surface area contributed by atoms with Gasteiger partial charge in [0, 0.05) is 23.6 Å². The van der Waals surface area contributed by atoms with Gasteiger partial charge in [-0.3, -0.25) is 10.1 Å². The molecule has 0 saturated carbocycles. The van der Waals surface area contributed by atoms with Crippen molar-refractivity contribution in [1.29, 1.82) is 0 Å². The van der Waals surface area contributed by atoms with Gasteiger partial charge < -0.3 is 5.32 Å². The lowest BCUT2D eigenvalue weighted by Crippen LogP contribution is -1.99. The molecule has 1 N–H and O–H groups in total. The number of fused-ring (bicyclic) bond motifs is 1. The summed E-state index contributed by atoms with van der Waals surface area (Å²) in [5, 5.41) is 13.9. The van der Waals surface area contributed by atoms with Gasteiger partial charge in [0.1, 0.15) is 23.8 Å². The second-order valence-electron chi connectivity index (χ2n) is 4.43. The number of rotatable bonds is 3. The highest BCUT2D eigenvalue weighted by atomic mass is 19.1. The van der Waals surface area contributed by atoms with Crippen molar-refractivity contribution >= 4 is 28.1 Å². The fourth-order valence-corrected chi connectivity index (χ4v) is 1.98. The maximum absolute atomic E-state index is 13.7. The Morgan fingerprint density at radius 1 is 1.09 bits per heavy atom. The number of non-ortho nitro benzene ring substituents is 1. The van der Waals surface area contributed by atoms with Crippen molar-refractivity contribution in [2.45, 2.75) is 0 Å². The first-order valence-electron chi connectivity index (χ1n) is 6.16. The molecule has 0 aliphatic rings. The molecule has 8 heteroatoms. The van der Waals surface area contributed by atoms with Gasteiger partial charge >= 0.3 is 0 Å². The summed E-state index contributed by atoms with van der Waals surface area (Å²) in [6, 6.07) is 7.12. The van der Waals surface area contributed by atoms with E-state index in [0.29, 0.717) is 10.9 Å². The summed E-state index contributed by atoms with van der Waals surface area (Å²) in [6.45, 7) is 0. The first-order valence-corrected chi connectivity index (χ1v) is 6.16. The van der Waals surface area contributed by atoms with Crippen LogP contribution in [0, 0.1) is 21.7 Å². The van der Waals surface area contributed by atoms with Gasteiger partial charge in [0.25, 0.3) is 5.69 Å². The van der Waals surface area contributed by atoms with Crippen molar-refractivity contribution < 1.29 is 13.7 Å². The van der Waals surface area contributed by atoms with Crippen LogP contribution in [-0.4, -0.2) is 14.9 Å². The number of hydrogen-bond acceptors (Lipinski definition) is 5. The molecule has 6 nitrogen and oxygen atoms in total. The Labute approximate surface area is 122 Å². The van der Waals surface area contributed by atoms with Crippen LogP contribution in [0.4, 0.5) is 26.0 Å². The molecule has 0 aliphatic heterocycles. The van der Waals surface area contributed by atoms with E-state index in [2.05, 4.69) is 15.3 Å². The number of benzene rings is 2. The zero-order chi connectivity index (χ0) is 15.7. The van der Waals surface area contributed by atoms with Crippen LogP contribution < -0.4 is 5.32 Å². The zero-order valence-corrected chi connectivity index (χ0v) is 11.0. The van der Waals surface area contributed by atoms with Gasteiger partial charge in [-0.1, -0.05) is 0 Å². The molecule has 0 atom stereocenters. The molecule has 110 valence electrons. The predicted octanol–water partition coefficient (Wildman–Crippen LogP) is 3.56. The standard InChI is InChI=1S/C14H8F2N4O2/c15-8-1-3-13(11(16)5-8)19-14-10-6-9(20(21)22)2-4-12(10)17-7-18-14/h1-7H,(H,17,18,19). The van der Waals surface area contributed by atoms with Crippen LogP contribution >= 0.6 is 0 Å². The highest BCUT2D eigenvalue weighted by Gasteiger charge is 2.12. The average Bonchev–Trinajstić information content (AvgIpc) is 2.49. The lowest BCUT2D eigenvalue weighted by molar-refractivity contribution is -0.384. The molecule has 0 aliphatic carbocycles. The third-order valence-corrected chi connectivity index (χ3v) is 3.01. The van der Waals surface area contributed by atoms with Gasteiger partial charge in [-0.15, -0.1) is 0 Å². The van der Waals surface area contributed by atoms with Gasteiger partial charge in [-0.2, -0.15) is 0 Å². The van der Waals surface area contributed by atoms with Crippen LogP contribution in [0.25, 0.3) is 10.9 Å². The molecule has 2 aromatic carbocycles. The SMILES string of the molecule is O=[N+]([O-])c1ccc2ncnc(Nc3ccc(F)cc3F)c2c1. The Hall–Kier alpha value is -3.16. The molecule has 0 bridgehead atoms. The lowest BCUT2D eigenvalue weighted by Gasteiger charge is -2.09. The highest BCUT2D eigenvalue weighted by molar-refractivity contribution is 5.92. The normalized spacial score (nSPS) is 10.6. The molecule has 1 aromatic heterocycles. The van der Waals surface area contributed by atoms with E-state index in [0.717, 1.165) is 12.1 Å². The smallest absolute Gasteiger partial charge is 0.270 e. The molecule has 22 heavy (non-hydrogen) atoms. The second kappa shape index (κ2) is 5.32. The third kappa shape index (κ3) is 2.53. The Kier molecular flexibility index (Phi) is 3.34. The quantitative estimate of drug-likeness (QED) is 0.591. The maximum Gasteiger partial charge on any atom is 0.270 e. The van der Waals surface area contributed by atoms with Crippen LogP contribution in [-0.2, 0) is 0 Å². The topological polar surface area (TPSA) is 81.0 Å². The number of hydrogen-bond donors (Lipinski definition) is 1. The first-order chi connectivity index (χ1) is 10.5. The highest BCUT2D eigenvalue weighted by Crippen LogP contribution is 2.27. The van der Waals surface area contributed by atoms with E-state index in [-0.39, 0.29) is 17.2 Å². The monoisotopic (exact) mass is 302 g/mol. The van der Waals surface area contributed by atoms with Crippen molar-refractivity contribution in [2.24, 2.45) is 0 Å². The third-order valence-electron chi connectivity index (χ3n) is 3.01. The molecule has 0 unspecified atom stereocenters. The molecule has 0 radical (unpaired) electrons. The minimum Gasteiger partial charge on any atom is -0.337 e. The van der Waals surface area contributed by atoms with Crippen molar-refractivity contribution in [3.05, 3.63) is 64.5 Å². The van der Waals surface area contributed by atoms with E-state index in [9.17, 15) is 18.9 Å². The minimum absolute atomic E-state index is 0.00732. The van der Waals surface area contributed by atoms with E-state index >= 15 is 0 Å². The van der Waals surface area contributed by atoms with E-state index in [4.69, 9.17) is 0 Å². The van der Waals surface area contributed by atoms with Gasteiger partial charge in [-0.05, 0) is 18.2 Å². The summed E-state index contributed by atoms with van der Waals surface area (Å²) in [5.41, 5.74) is 0.337. The van der Waals surface area contributed by atoms with Crippen LogP contribution in [0.15, 0.2) is 42.7 Å². The second-order valence-corrected chi connectivity index (χ2v) is 4.43. The fourth-order valence-electron chi connectivity index (χ4n) is 1.98. The molecule has 1 heterocycles. The number of nitrogens with zero attached hydrogens (tertiary/aromatic N) is 3. The zero-order valence-electron chi connectivity index (χ0n) is 11.0. The Bertz CT molecular complexity index is 886. The summed E-state index contributed by atoms with van der Waals surface area (Å²) in [6.07, 6.45) is 1.25. The van der Waals surface area contributed by atoms with Gasteiger partial charge in [0.05, 0.1) is 16.1 Å². The predicted molar refractivity (Wildman–Crippen MR) is 75.8 cm³/mol. The Morgan fingerprint density at radius 3 is 2.64 bits per heavy atom. The number of anilines is 2. The number of nitro benzene ring substituents is 1. The van der Waals surface area contributed by atoms with Gasteiger partial charge in [-0.25, -0.2) is 18.7 Å². The van der Waals surface area contributed by atoms with E-state index < -0.39 is 16.6 Å². The average molecular weight is 302 g/mol. The minimum atomic E-state index is -0.794. The summed E-state index contributed by atoms with van der Waals surface area (Å²) in [5.74, 6) is -1.30. The molecule has 0 saturated heterocycles. The molecule has 3 rings (SSSR count). The van der Waals surface area contributed by atoms with Gasteiger partial charge in [0.15, 0.2) is 0 Å². The molecule has 0 spiro atoms. The molecular formula is C14H8F2N4O2. The van der Waals surface area contributed by atoms with Crippen LogP contribution in [0.3, 0.4) is 0 Å². The largest absolute Gasteiger partial charge is 0.337 e. The molecule has 0 amide bonds. The van der Waals surface area contributed by atoms with E-state index in [1.165, 1.54) is 30.6 Å². The van der Waals surface area contributed by atoms with Crippen LogP contribution in [0.2, 0.25) is 0 Å². The Morgan fingerprint density at radius 2 is 1.91 bits per heavy atom. The van der Waals surface area contributed by atoms with E-state index in [1.54, 1.807) is 0 Å². The van der Waals surface area contributed by atoms with Crippen molar-refractivity contribution in [2.75, 3.05) is 5.32 Å². The summed E-state index contributed by atoms with van der Waals surface area (Å²) < 4.78 is 26.6.